The first-order valence-electron chi connectivity index (χ1n) is 10.7. The van der Waals surface area contributed by atoms with Gasteiger partial charge < -0.3 is 9.47 Å². The molecule has 2 fully saturated rings. The maximum atomic E-state index is 12.4. The van der Waals surface area contributed by atoms with E-state index in [0.29, 0.717) is 13.2 Å². The van der Waals surface area contributed by atoms with Crippen LogP contribution in [0.15, 0.2) is 0 Å². The smallest absolute Gasteiger partial charge is 0.233 e. The lowest BCUT2D eigenvalue weighted by Gasteiger charge is -2.25. The molecule has 2 aliphatic rings. The molecule has 0 aromatic rings. The van der Waals surface area contributed by atoms with Crippen LogP contribution in [0.25, 0.3) is 0 Å². The van der Waals surface area contributed by atoms with Gasteiger partial charge >= 0.3 is 0 Å². The van der Waals surface area contributed by atoms with Crippen molar-refractivity contribution in [3.8, 4) is 0 Å². The Hall–Kier alpha value is -1.80. The number of amides is 4. The summed E-state index contributed by atoms with van der Waals surface area (Å²) in [5, 5.41) is 0. The summed E-state index contributed by atoms with van der Waals surface area (Å²) in [6.07, 6.45) is 0.519. The fraction of sp³-hybridized carbons (Fsp3) is 0.818. The van der Waals surface area contributed by atoms with Crippen LogP contribution in [-0.4, -0.2) is 72.9 Å². The zero-order valence-corrected chi connectivity index (χ0v) is 19.2. The maximum Gasteiger partial charge on any atom is 0.233 e. The molecular formula is C22H36N2O6. The molecule has 2 atom stereocenters. The minimum atomic E-state index is -0.276. The Labute approximate surface area is 179 Å². The number of carbonyl (C=O) groups excluding carboxylic acids is 4. The highest BCUT2D eigenvalue weighted by Gasteiger charge is 2.45. The molecule has 2 aliphatic heterocycles. The molecule has 0 saturated carbocycles. The van der Waals surface area contributed by atoms with E-state index >= 15 is 0 Å². The van der Waals surface area contributed by atoms with Crippen molar-refractivity contribution in [3.63, 3.8) is 0 Å². The first-order chi connectivity index (χ1) is 13.8. The second kappa shape index (κ2) is 9.56. The van der Waals surface area contributed by atoms with Crippen LogP contribution in [0.2, 0.25) is 0 Å². The van der Waals surface area contributed by atoms with E-state index in [1.807, 2.05) is 41.5 Å². The van der Waals surface area contributed by atoms with Crippen molar-refractivity contribution in [3.05, 3.63) is 0 Å². The molecule has 2 rings (SSSR count). The van der Waals surface area contributed by atoms with Gasteiger partial charge in [-0.1, -0.05) is 41.5 Å². The molecule has 170 valence electrons. The third kappa shape index (κ3) is 5.88. The van der Waals surface area contributed by atoms with Crippen molar-refractivity contribution in [2.24, 2.45) is 22.7 Å². The molecule has 0 spiro atoms. The summed E-state index contributed by atoms with van der Waals surface area (Å²) in [5.41, 5.74) is -0.470. The van der Waals surface area contributed by atoms with Crippen molar-refractivity contribution in [1.82, 2.24) is 9.80 Å². The third-order valence-electron chi connectivity index (χ3n) is 5.87. The molecule has 8 heteroatoms. The average molecular weight is 425 g/mol. The average Bonchev–Trinajstić information content (AvgIpc) is 3.07. The number of imide groups is 2. The molecule has 2 heterocycles. The lowest BCUT2D eigenvalue weighted by atomic mass is 9.80. The number of carbonyl (C=O) groups is 4. The predicted octanol–water partition coefficient (Wildman–Crippen LogP) is 1.86. The van der Waals surface area contributed by atoms with Gasteiger partial charge in [-0.25, -0.2) is 0 Å². The zero-order valence-electron chi connectivity index (χ0n) is 19.2. The Morgan fingerprint density at radius 1 is 0.667 bits per heavy atom. The SMILES string of the molecule is CC(C)(C)C1CC(=O)N(CCOCCOCCN2C(=O)CC(C(C)(C)C)C2=O)C1=O. The molecule has 0 bridgehead atoms. The molecule has 2 saturated heterocycles. The van der Waals surface area contributed by atoms with E-state index in [4.69, 9.17) is 9.47 Å². The topological polar surface area (TPSA) is 93.2 Å². The van der Waals surface area contributed by atoms with Crippen molar-refractivity contribution in [2.75, 3.05) is 39.5 Å². The monoisotopic (exact) mass is 424 g/mol. The highest BCUT2D eigenvalue weighted by Crippen LogP contribution is 2.36. The predicted molar refractivity (Wildman–Crippen MR) is 110 cm³/mol. The number of ether oxygens (including phenoxy) is 2. The largest absolute Gasteiger partial charge is 0.377 e. The molecule has 0 N–H and O–H groups in total. The van der Waals surface area contributed by atoms with Crippen molar-refractivity contribution < 1.29 is 28.7 Å². The number of hydrogen-bond acceptors (Lipinski definition) is 6. The number of likely N-dealkylation sites (tertiary alicyclic amines) is 2. The van der Waals surface area contributed by atoms with Crippen LogP contribution in [0.4, 0.5) is 0 Å². The van der Waals surface area contributed by atoms with Gasteiger partial charge in [-0.15, -0.1) is 0 Å². The van der Waals surface area contributed by atoms with Gasteiger partial charge in [0.05, 0.1) is 51.4 Å². The Kier molecular flexibility index (Phi) is 7.80. The molecular weight excluding hydrogens is 388 g/mol. The molecule has 0 radical (unpaired) electrons. The Morgan fingerprint density at radius 3 is 1.27 bits per heavy atom. The van der Waals surface area contributed by atoms with Gasteiger partial charge in [0.15, 0.2) is 0 Å². The fourth-order valence-electron chi connectivity index (χ4n) is 3.82. The molecule has 2 unspecified atom stereocenters. The quantitative estimate of drug-likeness (QED) is 0.414. The summed E-state index contributed by atoms with van der Waals surface area (Å²) in [5.74, 6) is -1.09. The van der Waals surface area contributed by atoms with Gasteiger partial charge in [0, 0.05) is 12.8 Å². The molecule has 8 nitrogen and oxygen atoms in total. The molecule has 0 aromatic heterocycles. The summed E-state index contributed by atoms with van der Waals surface area (Å²) in [6, 6.07) is 0. The normalized spacial score (nSPS) is 23.3. The summed E-state index contributed by atoms with van der Waals surface area (Å²) < 4.78 is 10.9. The van der Waals surface area contributed by atoms with Gasteiger partial charge in [-0.2, -0.15) is 0 Å². The lowest BCUT2D eigenvalue weighted by molar-refractivity contribution is -0.143. The van der Waals surface area contributed by atoms with E-state index < -0.39 is 0 Å². The van der Waals surface area contributed by atoms with Crippen LogP contribution in [0.3, 0.4) is 0 Å². The second-order valence-corrected chi connectivity index (χ2v) is 10.2. The van der Waals surface area contributed by atoms with Gasteiger partial charge in [-0.05, 0) is 10.8 Å². The third-order valence-corrected chi connectivity index (χ3v) is 5.87. The number of hydrogen-bond donors (Lipinski definition) is 0. The van der Waals surface area contributed by atoms with E-state index in [-0.39, 0.29) is 85.4 Å². The fourth-order valence-corrected chi connectivity index (χ4v) is 3.82. The molecule has 30 heavy (non-hydrogen) atoms. The van der Waals surface area contributed by atoms with Crippen LogP contribution < -0.4 is 0 Å². The van der Waals surface area contributed by atoms with E-state index in [0.717, 1.165) is 0 Å². The second-order valence-electron chi connectivity index (χ2n) is 10.2. The lowest BCUT2D eigenvalue weighted by Crippen LogP contribution is -2.36. The van der Waals surface area contributed by atoms with E-state index in [1.54, 1.807) is 0 Å². The van der Waals surface area contributed by atoms with Crippen molar-refractivity contribution in [1.29, 1.82) is 0 Å². The first-order valence-corrected chi connectivity index (χ1v) is 10.7. The van der Waals surface area contributed by atoms with E-state index in [9.17, 15) is 19.2 Å². The number of rotatable bonds is 9. The summed E-state index contributed by atoms with van der Waals surface area (Å²) in [7, 11) is 0. The van der Waals surface area contributed by atoms with Gasteiger partial charge in [0.2, 0.25) is 23.6 Å². The van der Waals surface area contributed by atoms with Crippen molar-refractivity contribution in [2.45, 2.75) is 54.4 Å². The highest BCUT2D eigenvalue weighted by atomic mass is 16.5. The van der Waals surface area contributed by atoms with Gasteiger partial charge in [0.1, 0.15) is 0 Å². The Balaban J connectivity index is 1.60. The summed E-state index contributed by atoms with van der Waals surface area (Å²) in [4.78, 5) is 51.5. The Bertz CT molecular complexity index is 618. The van der Waals surface area contributed by atoms with Crippen molar-refractivity contribution >= 4 is 23.6 Å². The van der Waals surface area contributed by atoms with Crippen LogP contribution in [0, 0.1) is 22.7 Å². The van der Waals surface area contributed by atoms with Gasteiger partial charge in [-0.3, -0.25) is 29.0 Å². The highest BCUT2D eigenvalue weighted by molar-refractivity contribution is 6.04. The Morgan fingerprint density at radius 2 is 1.00 bits per heavy atom. The molecule has 0 aliphatic carbocycles. The van der Waals surface area contributed by atoms with Crippen LogP contribution >= 0.6 is 0 Å². The minimum absolute atomic E-state index is 0.124. The van der Waals surface area contributed by atoms with Crippen LogP contribution in [0.5, 0.6) is 0 Å². The number of nitrogens with zero attached hydrogens (tertiary/aromatic N) is 2. The maximum absolute atomic E-state index is 12.4. The summed E-state index contributed by atoms with van der Waals surface area (Å²) >= 11 is 0. The minimum Gasteiger partial charge on any atom is -0.377 e. The van der Waals surface area contributed by atoms with Gasteiger partial charge in [0.25, 0.3) is 0 Å². The van der Waals surface area contributed by atoms with Crippen LogP contribution in [-0.2, 0) is 28.7 Å². The zero-order chi connectivity index (χ0) is 22.7. The first kappa shape index (κ1) is 24.5. The standard InChI is InChI=1S/C22H36N2O6/c1-21(2,3)15-13-17(25)23(19(15)27)7-9-29-11-12-30-10-8-24-18(26)14-16(20(24)28)22(4,5)6/h15-16H,7-14H2,1-6H3. The molecule has 0 aromatic carbocycles. The van der Waals surface area contributed by atoms with E-state index in [2.05, 4.69) is 0 Å². The van der Waals surface area contributed by atoms with E-state index in [1.165, 1.54) is 9.80 Å². The van der Waals surface area contributed by atoms with Crippen LogP contribution in [0.1, 0.15) is 54.4 Å². The molecule has 4 amide bonds. The summed E-state index contributed by atoms with van der Waals surface area (Å²) in [6.45, 7) is 13.4.